The molecule has 2 nitrogen and oxygen atoms in total. The number of para-hydroxylation sites is 1. The molecule has 0 atom stereocenters. The van der Waals surface area contributed by atoms with Crippen LogP contribution in [0, 0.1) is 36.0 Å². The Morgan fingerprint density at radius 3 is 1.92 bits per heavy atom. The molecule has 0 heterocycles. The van der Waals surface area contributed by atoms with Crippen LogP contribution in [0.15, 0.2) is 23.2 Å². The topological polar surface area (TPSA) is 26.5 Å². The fraction of sp³-hybridized carbons (Fsp3) is 0.133. The fourth-order valence-corrected chi connectivity index (χ4v) is 1.93. The molecule has 0 saturated carbocycles. The van der Waals surface area contributed by atoms with Crippen molar-refractivity contribution in [3.8, 4) is 0 Å². The molecular formula is C15H10Cl2F5N2Ti-. The van der Waals surface area contributed by atoms with Crippen LogP contribution in [0.1, 0.15) is 11.1 Å². The van der Waals surface area contributed by atoms with Crippen molar-refractivity contribution < 1.29 is 39.0 Å². The van der Waals surface area contributed by atoms with Gasteiger partial charge in [-0.3, -0.25) is 0 Å². The third kappa shape index (κ3) is 5.17. The molecule has 134 valence electrons. The number of rotatable bonds is 3. The molecule has 0 amide bonds. The van der Waals surface area contributed by atoms with Gasteiger partial charge in [0.2, 0.25) is 5.82 Å². The fourth-order valence-electron chi connectivity index (χ4n) is 1.93. The summed E-state index contributed by atoms with van der Waals surface area (Å²) in [7, 11) is 11.3. The first-order valence-electron chi connectivity index (χ1n) is 6.51. The zero-order valence-corrected chi connectivity index (χ0v) is 15.9. The third-order valence-corrected chi connectivity index (χ3v) is 3.01. The Morgan fingerprint density at radius 2 is 1.44 bits per heavy atom. The van der Waals surface area contributed by atoms with E-state index in [1.165, 1.54) is 7.05 Å². The molecule has 10 heteroatoms. The van der Waals surface area contributed by atoms with E-state index in [1.807, 2.05) is 0 Å². The van der Waals surface area contributed by atoms with Crippen LogP contribution in [-0.4, -0.2) is 13.3 Å². The first-order valence-corrected chi connectivity index (χ1v) is 10.8. The third-order valence-electron chi connectivity index (χ3n) is 3.01. The van der Waals surface area contributed by atoms with Gasteiger partial charge in [0.1, 0.15) is 5.69 Å². The number of benzene rings is 2. The van der Waals surface area contributed by atoms with Gasteiger partial charge in [-0.15, -0.1) is 12.7 Å². The standard InChI is InChI=1S/C15H10F5N2.2ClH.Ti/c1-7-4-3-5-8(14(7)21-2)6-22-15-12(19)10(17)9(16)11(18)13(15)20;;;/h3-6H,1-2H3;2*1H;/q-1;;;+2/p-2. The molecule has 0 spiro atoms. The zero-order valence-electron chi connectivity index (χ0n) is 12.8. The van der Waals surface area contributed by atoms with E-state index in [9.17, 15) is 22.0 Å². The van der Waals surface area contributed by atoms with Crippen LogP contribution in [0.3, 0.4) is 0 Å². The molecular weight excluding hydrogens is 422 g/mol. The molecule has 25 heavy (non-hydrogen) atoms. The normalized spacial score (nSPS) is 10.4. The number of nitrogens with zero attached hydrogens (tertiary/aromatic N) is 2. The minimum atomic E-state index is -2.21. The Hall–Kier alpha value is -1.15. The summed E-state index contributed by atoms with van der Waals surface area (Å²) < 4.78 is 66.1. The van der Waals surface area contributed by atoms with Crippen LogP contribution in [-0.2, 0) is 17.0 Å². The molecule has 0 saturated heterocycles. The van der Waals surface area contributed by atoms with E-state index in [-0.39, 0.29) is 0 Å². The molecule has 0 aliphatic carbocycles. The van der Waals surface area contributed by atoms with Gasteiger partial charge >= 0.3 is 35.6 Å². The Morgan fingerprint density at radius 1 is 0.960 bits per heavy atom. The molecule has 0 unspecified atom stereocenters. The Bertz CT molecular complexity index is 758. The quantitative estimate of drug-likeness (QED) is 0.175. The molecule has 2 aromatic carbocycles. The van der Waals surface area contributed by atoms with Gasteiger partial charge < -0.3 is 5.32 Å². The predicted molar refractivity (Wildman–Crippen MR) is 85.3 cm³/mol. The average Bonchev–Trinajstić information content (AvgIpc) is 2.59. The van der Waals surface area contributed by atoms with Gasteiger partial charge in [-0.2, -0.15) is 0 Å². The second kappa shape index (κ2) is 10.1. The number of halogens is 7. The van der Waals surface area contributed by atoms with E-state index >= 15 is 0 Å². The first kappa shape index (κ1) is 21.9. The Kier molecular flexibility index (Phi) is 8.86. The van der Waals surface area contributed by atoms with E-state index in [2.05, 4.69) is 10.3 Å². The average molecular weight is 432 g/mol. The number of hydrogen-bond donors (Lipinski definition) is 0. The van der Waals surface area contributed by atoms with Crippen LogP contribution >= 0.6 is 18.6 Å². The molecule has 0 aliphatic heterocycles. The van der Waals surface area contributed by atoms with Crippen molar-refractivity contribution >= 4 is 36.2 Å². The van der Waals surface area contributed by atoms with Crippen molar-refractivity contribution in [1.29, 1.82) is 0 Å². The summed E-state index contributed by atoms with van der Waals surface area (Å²) in [5, 5.41) is 3.99. The summed E-state index contributed by atoms with van der Waals surface area (Å²) in [5.41, 5.74) is 0.449. The summed E-state index contributed by atoms with van der Waals surface area (Å²) in [4.78, 5) is 3.41. The van der Waals surface area contributed by atoms with E-state index in [0.717, 1.165) is 11.8 Å². The summed E-state index contributed by atoms with van der Waals surface area (Å²) in [6, 6.07) is 4.98. The monoisotopic (exact) mass is 431 g/mol. The maximum atomic E-state index is 13.5. The van der Waals surface area contributed by atoms with E-state index in [1.54, 1.807) is 25.1 Å². The molecule has 2 aromatic rings. The molecule has 0 aromatic heterocycles. The Labute approximate surface area is 157 Å². The second-order valence-electron chi connectivity index (χ2n) is 4.48. The second-order valence-corrected chi connectivity index (χ2v) is 7.06. The maximum absolute atomic E-state index is 13.5. The summed E-state index contributed by atoms with van der Waals surface area (Å²) in [6.07, 6.45) is 1.01. The van der Waals surface area contributed by atoms with Crippen LogP contribution < -0.4 is 0 Å². The van der Waals surface area contributed by atoms with Crippen molar-refractivity contribution in [2.24, 2.45) is 4.99 Å². The van der Waals surface area contributed by atoms with Gasteiger partial charge in [-0.1, -0.05) is 23.8 Å². The molecule has 0 N–H and O–H groups in total. The summed E-state index contributed by atoms with van der Waals surface area (Å²) >= 11 is -0.556. The van der Waals surface area contributed by atoms with Gasteiger partial charge in [0, 0.05) is 6.21 Å². The first-order chi connectivity index (χ1) is 11.8. The number of aryl methyl sites for hydroxylation is 1. The number of aliphatic imine (C=N–C) groups is 1. The van der Waals surface area contributed by atoms with Crippen LogP contribution in [0.5, 0.6) is 0 Å². The minimum absolute atomic E-state index is 0.395. The Balaban J connectivity index is 0.000000970. The molecule has 0 aliphatic rings. The van der Waals surface area contributed by atoms with Crippen LogP contribution in [0.4, 0.5) is 33.3 Å². The number of hydrogen-bond acceptors (Lipinski definition) is 1. The van der Waals surface area contributed by atoms with Gasteiger partial charge in [-0.25, -0.2) is 26.9 Å². The van der Waals surface area contributed by atoms with Gasteiger partial charge in [0.25, 0.3) is 0 Å². The summed E-state index contributed by atoms with van der Waals surface area (Å²) in [5.74, 6) is -10.2. The molecule has 0 fully saturated rings. The van der Waals surface area contributed by atoms with Crippen molar-refractivity contribution in [2.75, 3.05) is 7.05 Å². The SMILES string of the molecule is C[N-]c1c(C)cccc1C=Nc1c(F)c(F)c(F)c(F)c1F.[Cl][Ti][Cl]. The molecule has 2 rings (SSSR count). The van der Waals surface area contributed by atoms with E-state index in [0.29, 0.717) is 11.3 Å². The van der Waals surface area contributed by atoms with Crippen LogP contribution in [0.25, 0.3) is 5.32 Å². The van der Waals surface area contributed by atoms with Crippen molar-refractivity contribution in [2.45, 2.75) is 6.92 Å². The van der Waals surface area contributed by atoms with Gasteiger partial charge in [-0.05, 0) is 12.5 Å². The van der Waals surface area contributed by atoms with Crippen molar-refractivity contribution in [3.63, 3.8) is 0 Å². The molecule has 0 bridgehead atoms. The summed E-state index contributed by atoms with van der Waals surface area (Å²) in [6.45, 7) is 1.76. The van der Waals surface area contributed by atoms with Gasteiger partial charge in [0.15, 0.2) is 23.3 Å². The van der Waals surface area contributed by atoms with Crippen LogP contribution in [0.2, 0.25) is 0 Å². The van der Waals surface area contributed by atoms with Crippen molar-refractivity contribution in [3.05, 3.63) is 63.7 Å². The van der Waals surface area contributed by atoms with E-state index < -0.39 is 51.8 Å². The van der Waals surface area contributed by atoms with E-state index in [4.69, 9.17) is 18.6 Å². The van der Waals surface area contributed by atoms with Gasteiger partial charge in [0.05, 0.1) is 0 Å². The molecule has 0 radical (unpaired) electrons. The predicted octanol–water partition coefficient (Wildman–Crippen LogP) is 6.45. The zero-order chi connectivity index (χ0) is 19.1. The van der Waals surface area contributed by atoms with Crippen molar-refractivity contribution in [1.82, 2.24) is 0 Å².